The minimum Gasteiger partial charge on any atom is -0.466 e. The summed E-state index contributed by atoms with van der Waals surface area (Å²) < 4.78 is 22.6. The molecule has 0 aromatic rings. The van der Waals surface area contributed by atoms with E-state index >= 15 is 0 Å². The third-order valence-corrected chi connectivity index (χ3v) is 8.10. The molecule has 0 N–H and O–H groups in total. The van der Waals surface area contributed by atoms with Crippen LogP contribution in [0.2, 0.25) is 0 Å². The lowest BCUT2D eigenvalue weighted by molar-refractivity contribution is -0.144. The van der Waals surface area contributed by atoms with Gasteiger partial charge in [0.05, 0.1) is 26.1 Å². The highest BCUT2D eigenvalue weighted by Crippen LogP contribution is 2.23. The van der Waals surface area contributed by atoms with E-state index < -0.39 is 7.80 Å². The summed E-state index contributed by atoms with van der Waals surface area (Å²) in [5, 5.41) is 0. The van der Waals surface area contributed by atoms with Crippen molar-refractivity contribution in [3.8, 4) is 0 Å². The summed E-state index contributed by atoms with van der Waals surface area (Å²) in [5.74, 6) is -0.560. The van der Waals surface area contributed by atoms with Gasteiger partial charge in [0.15, 0.2) is 12.3 Å². The molecule has 0 unspecified atom stereocenters. The fourth-order valence-corrected chi connectivity index (χ4v) is 5.33. The predicted molar refractivity (Wildman–Crippen MR) is 152 cm³/mol. The van der Waals surface area contributed by atoms with E-state index in [9.17, 15) is 14.2 Å². The number of esters is 2. The Balaban J connectivity index is 3.43. The molecule has 36 heavy (non-hydrogen) atoms. The first-order chi connectivity index (χ1) is 17.6. The Labute approximate surface area is 224 Å². The van der Waals surface area contributed by atoms with E-state index in [0.29, 0.717) is 13.2 Å². The highest BCUT2D eigenvalue weighted by atomic mass is 31.1. The number of carbonyl (C=O) groups is 2. The normalized spacial score (nSPS) is 10.9. The van der Waals surface area contributed by atoms with Gasteiger partial charge >= 0.3 is 19.7 Å². The van der Waals surface area contributed by atoms with Crippen LogP contribution in [-0.4, -0.2) is 37.5 Å². The highest BCUT2D eigenvalue weighted by Gasteiger charge is 2.20. The van der Waals surface area contributed by atoms with Gasteiger partial charge in [-0.3, -0.25) is 9.59 Å². The number of hydrogen-bond donors (Lipinski definition) is 0. The average molecular weight is 530 g/mol. The standard InChI is InChI=1S/C30H58O5P/c1-3-5-7-9-11-13-15-17-19-21-25-34-29(31)23-27-36(33)28-24-30(32)35-26-22-20-18-16-14-12-10-8-6-4-2/h3-28H2,1-2H3/q+1. The molecule has 0 spiro atoms. The van der Waals surface area contributed by atoms with E-state index in [2.05, 4.69) is 13.8 Å². The zero-order valence-corrected chi connectivity index (χ0v) is 24.8. The van der Waals surface area contributed by atoms with Crippen molar-refractivity contribution < 1.29 is 23.6 Å². The second-order valence-corrected chi connectivity index (χ2v) is 12.1. The molecule has 0 radical (unpaired) electrons. The summed E-state index contributed by atoms with van der Waals surface area (Å²) in [7, 11) is -1.57. The van der Waals surface area contributed by atoms with Gasteiger partial charge in [0, 0.05) is 0 Å². The van der Waals surface area contributed by atoms with Crippen LogP contribution in [0.3, 0.4) is 0 Å². The van der Waals surface area contributed by atoms with Crippen LogP contribution in [0.25, 0.3) is 0 Å². The van der Waals surface area contributed by atoms with Crippen molar-refractivity contribution >= 4 is 19.7 Å². The van der Waals surface area contributed by atoms with E-state index in [1.54, 1.807) is 0 Å². The summed E-state index contributed by atoms with van der Waals surface area (Å²) >= 11 is 0. The van der Waals surface area contributed by atoms with Crippen LogP contribution in [0.4, 0.5) is 0 Å². The van der Waals surface area contributed by atoms with Crippen LogP contribution in [0, 0.1) is 0 Å². The fraction of sp³-hybridized carbons (Fsp3) is 0.933. The molecule has 0 aliphatic heterocycles. The molecule has 0 atom stereocenters. The summed E-state index contributed by atoms with van der Waals surface area (Å²) in [5.41, 5.74) is 0. The maximum absolute atomic E-state index is 12.1. The van der Waals surface area contributed by atoms with Gasteiger partial charge in [0.2, 0.25) is 0 Å². The smallest absolute Gasteiger partial charge is 0.339 e. The van der Waals surface area contributed by atoms with Crippen LogP contribution in [0.1, 0.15) is 155 Å². The zero-order valence-electron chi connectivity index (χ0n) is 23.9. The molecule has 0 heterocycles. The largest absolute Gasteiger partial charge is 0.466 e. The number of hydrogen-bond acceptors (Lipinski definition) is 5. The molecule has 0 saturated carbocycles. The van der Waals surface area contributed by atoms with Crippen molar-refractivity contribution in [2.24, 2.45) is 0 Å². The third-order valence-electron chi connectivity index (χ3n) is 6.65. The van der Waals surface area contributed by atoms with Gasteiger partial charge in [-0.2, -0.15) is 0 Å². The molecule has 0 rings (SSSR count). The van der Waals surface area contributed by atoms with Crippen molar-refractivity contribution in [2.75, 3.05) is 25.5 Å². The van der Waals surface area contributed by atoms with Crippen molar-refractivity contribution in [3.63, 3.8) is 0 Å². The lowest BCUT2D eigenvalue weighted by Crippen LogP contribution is -2.09. The molecular weight excluding hydrogens is 471 g/mol. The number of ether oxygens (including phenoxy) is 2. The van der Waals surface area contributed by atoms with Gasteiger partial charge in [-0.15, -0.1) is 0 Å². The second kappa shape index (κ2) is 28.6. The fourth-order valence-electron chi connectivity index (χ4n) is 4.24. The molecule has 0 fully saturated rings. The molecular formula is C30H58O5P+. The minimum atomic E-state index is -1.57. The van der Waals surface area contributed by atoms with E-state index in [0.717, 1.165) is 25.7 Å². The number of rotatable bonds is 28. The Morgan fingerprint density at radius 2 is 0.750 bits per heavy atom. The quantitative estimate of drug-likeness (QED) is 0.0573. The van der Waals surface area contributed by atoms with Gasteiger partial charge in [0.1, 0.15) is 0 Å². The Morgan fingerprint density at radius 1 is 0.472 bits per heavy atom. The van der Waals surface area contributed by atoms with Crippen molar-refractivity contribution in [2.45, 2.75) is 155 Å². The molecule has 0 aliphatic carbocycles. The lowest BCUT2D eigenvalue weighted by atomic mass is 10.1. The average Bonchev–Trinajstić information content (AvgIpc) is 2.88. The molecule has 0 aromatic heterocycles. The van der Waals surface area contributed by atoms with Crippen LogP contribution in [0.15, 0.2) is 0 Å². The minimum absolute atomic E-state index is 0.167. The van der Waals surface area contributed by atoms with Gasteiger partial charge in [0.25, 0.3) is 0 Å². The molecule has 6 heteroatoms. The summed E-state index contributed by atoms with van der Waals surface area (Å²) in [6, 6.07) is 0. The first-order valence-corrected chi connectivity index (χ1v) is 17.0. The van der Waals surface area contributed by atoms with Crippen LogP contribution in [-0.2, 0) is 23.6 Å². The lowest BCUT2D eigenvalue weighted by Gasteiger charge is -2.04. The first kappa shape index (κ1) is 35.0. The Morgan fingerprint density at radius 3 is 1.06 bits per heavy atom. The number of unbranched alkanes of at least 4 members (excludes halogenated alkanes) is 18. The number of carbonyl (C=O) groups excluding carboxylic acids is 2. The molecule has 0 saturated heterocycles. The second-order valence-electron chi connectivity index (χ2n) is 10.2. The van der Waals surface area contributed by atoms with Gasteiger partial charge in [-0.25, -0.2) is 0 Å². The Kier molecular flexibility index (Phi) is 27.8. The van der Waals surface area contributed by atoms with Crippen molar-refractivity contribution in [1.82, 2.24) is 0 Å². The van der Waals surface area contributed by atoms with Crippen LogP contribution < -0.4 is 0 Å². The van der Waals surface area contributed by atoms with Gasteiger partial charge in [-0.1, -0.05) is 134 Å². The SMILES string of the molecule is CCCCCCCCCCCCOC(=O)CC[P+](=O)CCC(=O)OCCCCCCCCCCCC. The van der Waals surface area contributed by atoms with Crippen LogP contribution in [0.5, 0.6) is 0 Å². The molecule has 0 aromatic carbocycles. The van der Waals surface area contributed by atoms with Gasteiger partial charge in [-0.05, 0) is 12.8 Å². The summed E-state index contributed by atoms with van der Waals surface area (Å²) in [4.78, 5) is 23.7. The molecule has 0 bridgehead atoms. The van der Waals surface area contributed by atoms with Crippen molar-refractivity contribution in [1.29, 1.82) is 0 Å². The van der Waals surface area contributed by atoms with E-state index in [1.165, 1.54) is 103 Å². The monoisotopic (exact) mass is 529 g/mol. The molecule has 5 nitrogen and oxygen atoms in total. The topological polar surface area (TPSA) is 69.7 Å². The third kappa shape index (κ3) is 27.6. The highest BCUT2D eigenvalue weighted by molar-refractivity contribution is 7.44. The zero-order chi connectivity index (χ0) is 26.5. The maximum Gasteiger partial charge on any atom is 0.339 e. The Hall–Kier alpha value is -0.960. The Bertz CT molecular complexity index is 479. The molecule has 212 valence electrons. The summed E-state index contributed by atoms with van der Waals surface area (Å²) in [6.07, 6.45) is 25.9. The van der Waals surface area contributed by atoms with E-state index in [1.807, 2.05) is 0 Å². The van der Waals surface area contributed by atoms with Crippen molar-refractivity contribution in [3.05, 3.63) is 0 Å². The van der Waals surface area contributed by atoms with Crippen LogP contribution >= 0.6 is 7.80 Å². The van der Waals surface area contributed by atoms with E-state index in [4.69, 9.17) is 9.47 Å². The first-order valence-electron chi connectivity index (χ1n) is 15.3. The summed E-state index contributed by atoms with van der Waals surface area (Å²) in [6.45, 7) is 5.40. The van der Waals surface area contributed by atoms with Gasteiger partial charge < -0.3 is 9.47 Å². The molecule has 0 aliphatic rings. The maximum atomic E-state index is 12.1. The predicted octanol–water partition coefficient (Wildman–Crippen LogP) is 9.52. The molecule has 0 amide bonds. The van der Waals surface area contributed by atoms with E-state index in [-0.39, 0.29) is 37.1 Å².